The van der Waals surface area contributed by atoms with Crippen LogP contribution >= 0.6 is 0 Å². The summed E-state index contributed by atoms with van der Waals surface area (Å²) in [6.07, 6.45) is 1.04. The molecule has 0 spiro atoms. The smallest absolute Gasteiger partial charge is 0.314 e. The molecule has 1 aliphatic rings. The summed E-state index contributed by atoms with van der Waals surface area (Å²) in [6, 6.07) is 1.97. The largest absolute Gasteiger partial charge is 0.381 e. The first kappa shape index (κ1) is 15.8. The fourth-order valence-corrected chi connectivity index (χ4v) is 2.53. The van der Waals surface area contributed by atoms with E-state index >= 15 is 0 Å². The van der Waals surface area contributed by atoms with Crippen LogP contribution in [0.2, 0.25) is 0 Å². The van der Waals surface area contributed by atoms with E-state index in [9.17, 15) is 4.79 Å². The number of nitrogens with zero attached hydrogens (tertiary/aromatic N) is 2. The number of carbonyl (C=O) groups excluding carboxylic acids is 1. The van der Waals surface area contributed by atoms with Gasteiger partial charge in [-0.25, -0.2) is 4.79 Å². The highest BCUT2D eigenvalue weighted by Gasteiger charge is 2.16. The third-order valence-electron chi connectivity index (χ3n) is 3.77. The van der Waals surface area contributed by atoms with Crippen LogP contribution in [0.1, 0.15) is 24.7 Å². The van der Waals surface area contributed by atoms with E-state index < -0.39 is 0 Å². The molecule has 2 N–H and O–H groups in total. The molecule has 2 atom stereocenters. The van der Waals surface area contributed by atoms with E-state index in [1.807, 2.05) is 11.6 Å². The molecule has 118 valence electrons. The number of ether oxygens (including phenoxy) is 1. The summed E-state index contributed by atoms with van der Waals surface area (Å²) >= 11 is 0. The average molecular weight is 294 g/mol. The van der Waals surface area contributed by atoms with Gasteiger partial charge in [-0.2, -0.15) is 5.10 Å². The summed E-state index contributed by atoms with van der Waals surface area (Å²) < 4.78 is 7.28. The molecule has 6 heteroatoms. The van der Waals surface area contributed by atoms with Gasteiger partial charge in [0.05, 0.1) is 12.3 Å². The average Bonchev–Trinajstić information content (AvgIpc) is 3.04. The molecule has 1 aliphatic heterocycles. The Hall–Kier alpha value is -1.56. The molecule has 0 saturated carbocycles. The van der Waals surface area contributed by atoms with Gasteiger partial charge >= 0.3 is 6.03 Å². The topological polar surface area (TPSA) is 68.2 Å². The normalized spacial score (nSPS) is 19.5. The van der Waals surface area contributed by atoms with Crippen LogP contribution in [0.5, 0.6) is 0 Å². The van der Waals surface area contributed by atoms with Crippen molar-refractivity contribution in [3.8, 4) is 0 Å². The van der Waals surface area contributed by atoms with Crippen molar-refractivity contribution in [3.63, 3.8) is 0 Å². The Labute approximate surface area is 126 Å². The van der Waals surface area contributed by atoms with E-state index in [2.05, 4.69) is 35.6 Å². The first-order valence-corrected chi connectivity index (χ1v) is 7.65. The number of hydrogen-bond donors (Lipinski definition) is 2. The predicted octanol–water partition coefficient (Wildman–Crippen LogP) is 1.47. The van der Waals surface area contributed by atoms with E-state index in [-0.39, 0.29) is 6.03 Å². The molecular weight excluding hydrogens is 268 g/mol. The summed E-state index contributed by atoms with van der Waals surface area (Å²) in [6.45, 7) is 9.88. The molecule has 2 heterocycles. The zero-order valence-electron chi connectivity index (χ0n) is 13.2. The summed E-state index contributed by atoms with van der Waals surface area (Å²) in [5.74, 6) is 0.798. The molecule has 1 fully saturated rings. The van der Waals surface area contributed by atoms with Crippen LogP contribution in [-0.4, -0.2) is 42.1 Å². The van der Waals surface area contributed by atoms with Crippen LogP contribution in [0.3, 0.4) is 0 Å². The van der Waals surface area contributed by atoms with Crippen LogP contribution in [0.15, 0.2) is 6.07 Å². The Morgan fingerprint density at radius 2 is 2.33 bits per heavy atom. The third kappa shape index (κ3) is 5.04. The van der Waals surface area contributed by atoms with Gasteiger partial charge in [-0.05, 0) is 32.3 Å². The van der Waals surface area contributed by atoms with Crippen molar-refractivity contribution in [2.24, 2.45) is 11.8 Å². The van der Waals surface area contributed by atoms with Gasteiger partial charge in [-0.15, -0.1) is 0 Å². The maximum Gasteiger partial charge on any atom is 0.314 e. The van der Waals surface area contributed by atoms with Crippen LogP contribution in [-0.2, 0) is 11.3 Å². The highest BCUT2D eigenvalue weighted by molar-refractivity contribution is 5.73. The summed E-state index contributed by atoms with van der Waals surface area (Å²) in [5.41, 5.74) is 2.19. The summed E-state index contributed by atoms with van der Waals surface area (Å²) in [5, 5.41) is 10.3. The number of rotatable bonds is 6. The lowest BCUT2D eigenvalue weighted by molar-refractivity contribution is 0.185. The summed E-state index contributed by atoms with van der Waals surface area (Å²) in [7, 11) is 0. The SMILES string of the molecule is Cc1cc(C)n(CC(C)CNC(=O)NCC2CCOC2)n1. The number of carbonyl (C=O) groups is 1. The molecule has 21 heavy (non-hydrogen) atoms. The molecule has 0 radical (unpaired) electrons. The van der Waals surface area contributed by atoms with E-state index in [4.69, 9.17) is 4.74 Å². The maximum atomic E-state index is 11.7. The molecule has 1 aromatic rings. The van der Waals surface area contributed by atoms with Gasteiger partial charge in [0.25, 0.3) is 0 Å². The van der Waals surface area contributed by atoms with Crippen molar-refractivity contribution < 1.29 is 9.53 Å². The quantitative estimate of drug-likeness (QED) is 0.835. The number of urea groups is 1. The lowest BCUT2D eigenvalue weighted by Gasteiger charge is -2.15. The second-order valence-electron chi connectivity index (χ2n) is 6.03. The highest BCUT2D eigenvalue weighted by atomic mass is 16.5. The fourth-order valence-electron chi connectivity index (χ4n) is 2.53. The number of amides is 2. The Balaban J connectivity index is 1.64. The Morgan fingerprint density at radius 1 is 1.52 bits per heavy atom. The molecule has 0 bridgehead atoms. The molecule has 1 saturated heterocycles. The van der Waals surface area contributed by atoms with Crippen molar-refractivity contribution in [2.45, 2.75) is 33.7 Å². The van der Waals surface area contributed by atoms with Crippen LogP contribution in [0.4, 0.5) is 4.79 Å². The minimum absolute atomic E-state index is 0.0953. The van der Waals surface area contributed by atoms with Crippen molar-refractivity contribution in [1.82, 2.24) is 20.4 Å². The maximum absolute atomic E-state index is 11.7. The minimum Gasteiger partial charge on any atom is -0.381 e. The molecule has 6 nitrogen and oxygen atoms in total. The molecule has 0 aliphatic carbocycles. The second-order valence-corrected chi connectivity index (χ2v) is 6.03. The summed E-state index contributed by atoms with van der Waals surface area (Å²) in [4.78, 5) is 11.7. The molecule has 1 aromatic heterocycles. The number of hydrogen-bond acceptors (Lipinski definition) is 3. The molecule has 0 aromatic carbocycles. The number of aryl methyl sites for hydroxylation is 2. The second kappa shape index (κ2) is 7.45. The van der Waals surface area contributed by atoms with Gasteiger partial charge in [0.15, 0.2) is 0 Å². The number of nitrogens with one attached hydrogen (secondary N) is 2. The highest BCUT2D eigenvalue weighted by Crippen LogP contribution is 2.10. The fraction of sp³-hybridized carbons (Fsp3) is 0.733. The minimum atomic E-state index is -0.0953. The van der Waals surface area contributed by atoms with Gasteiger partial charge in [-0.1, -0.05) is 6.92 Å². The van der Waals surface area contributed by atoms with Crippen molar-refractivity contribution in [1.29, 1.82) is 0 Å². The van der Waals surface area contributed by atoms with E-state index in [1.54, 1.807) is 0 Å². The van der Waals surface area contributed by atoms with Gasteiger partial charge < -0.3 is 15.4 Å². The predicted molar refractivity (Wildman–Crippen MR) is 81.2 cm³/mol. The zero-order chi connectivity index (χ0) is 15.2. The standard InChI is InChI=1S/C15H26N4O2/c1-11(9-19-13(3)6-12(2)18-19)7-16-15(20)17-8-14-4-5-21-10-14/h6,11,14H,4-5,7-10H2,1-3H3,(H2,16,17,20). The first-order valence-electron chi connectivity index (χ1n) is 7.65. The molecule has 2 unspecified atom stereocenters. The van der Waals surface area contributed by atoms with E-state index in [0.29, 0.717) is 24.9 Å². The van der Waals surface area contributed by atoms with Crippen LogP contribution in [0, 0.1) is 25.7 Å². The van der Waals surface area contributed by atoms with Gasteiger partial charge in [-0.3, -0.25) is 4.68 Å². The van der Waals surface area contributed by atoms with Crippen LogP contribution in [0.25, 0.3) is 0 Å². The van der Waals surface area contributed by atoms with Crippen molar-refractivity contribution >= 4 is 6.03 Å². The lowest BCUT2D eigenvalue weighted by atomic mass is 10.1. The van der Waals surface area contributed by atoms with Crippen LogP contribution < -0.4 is 10.6 Å². The Bertz CT molecular complexity index is 466. The molecule has 2 amide bonds. The first-order chi connectivity index (χ1) is 10.0. The molecule has 2 rings (SSSR count). The van der Waals surface area contributed by atoms with Gasteiger partial charge in [0, 0.05) is 37.9 Å². The van der Waals surface area contributed by atoms with E-state index in [0.717, 1.165) is 37.6 Å². The Kier molecular flexibility index (Phi) is 5.61. The third-order valence-corrected chi connectivity index (χ3v) is 3.77. The van der Waals surface area contributed by atoms with Crippen molar-refractivity contribution in [3.05, 3.63) is 17.5 Å². The Morgan fingerprint density at radius 3 is 2.95 bits per heavy atom. The number of aromatic nitrogens is 2. The van der Waals surface area contributed by atoms with E-state index in [1.165, 1.54) is 0 Å². The zero-order valence-corrected chi connectivity index (χ0v) is 13.2. The molecular formula is C15H26N4O2. The van der Waals surface area contributed by atoms with Gasteiger partial charge in [0.1, 0.15) is 0 Å². The monoisotopic (exact) mass is 294 g/mol. The lowest BCUT2D eigenvalue weighted by Crippen LogP contribution is -2.40. The van der Waals surface area contributed by atoms with Crippen molar-refractivity contribution in [2.75, 3.05) is 26.3 Å². The van der Waals surface area contributed by atoms with Gasteiger partial charge in [0.2, 0.25) is 0 Å².